The normalized spacial score (nSPS) is 20.3. The van der Waals surface area contributed by atoms with E-state index in [1.165, 1.54) is 0 Å². The van der Waals surface area contributed by atoms with Crippen molar-refractivity contribution in [3.63, 3.8) is 0 Å². The molecule has 0 spiro atoms. The summed E-state index contributed by atoms with van der Waals surface area (Å²) in [6.45, 7) is 2.52. The fraction of sp³-hybridized carbons (Fsp3) is 0.389. The van der Waals surface area contributed by atoms with Gasteiger partial charge in [0.1, 0.15) is 0 Å². The molecule has 3 rings (SSSR count). The summed E-state index contributed by atoms with van der Waals surface area (Å²) in [6.07, 6.45) is 5.18. The molecule has 126 valence electrons. The smallest absolute Gasteiger partial charge is 0.311 e. The molecule has 2 heterocycles. The zero-order valence-electron chi connectivity index (χ0n) is 13.7. The molecule has 0 aliphatic carbocycles. The second-order valence-electron chi connectivity index (χ2n) is 6.56. The Morgan fingerprint density at radius 3 is 2.71 bits per heavy atom. The number of nitrogens with zero attached hydrogens (tertiary/aromatic N) is 3. The Morgan fingerprint density at radius 1 is 1.29 bits per heavy atom. The van der Waals surface area contributed by atoms with Gasteiger partial charge in [0.2, 0.25) is 5.91 Å². The fourth-order valence-electron chi connectivity index (χ4n) is 2.97. The van der Waals surface area contributed by atoms with Crippen molar-refractivity contribution in [3.05, 3.63) is 48.3 Å². The Balaban J connectivity index is 1.56. The number of hydrogen-bond donors (Lipinski definition) is 1. The molecule has 1 aliphatic rings. The van der Waals surface area contributed by atoms with E-state index in [1.807, 2.05) is 36.5 Å². The minimum atomic E-state index is -0.832. The van der Waals surface area contributed by atoms with E-state index in [9.17, 15) is 14.7 Å². The lowest BCUT2D eigenvalue weighted by atomic mass is 9.90. The summed E-state index contributed by atoms with van der Waals surface area (Å²) in [5.41, 5.74) is 1.16. The van der Waals surface area contributed by atoms with E-state index >= 15 is 0 Å². The number of benzene rings is 1. The van der Waals surface area contributed by atoms with Crippen molar-refractivity contribution in [2.75, 3.05) is 13.1 Å². The number of hydrogen-bond acceptors (Lipinski definition) is 3. The van der Waals surface area contributed by atoms with Crippen LogP contribution in [0.5, 0.6) is 0 Å². The van der Waals surface area contributed by atoms with Crippen LogP contribution in [0.2, 0.25) is 0 Å². The maximum atomic E-state index is 12.3. The molecule has 2 aromatic rings. The third-order valence-electron chi connectivity index (χ3n) is 4.63. The summed E-state index contributed by atoms with van der Waals surface area (Å²) in [5, 5.41) is 13.6. The van der Waals surface area contributed by atoms with Crippen molar-refractivity contribution in [1.29, 1.82) is 0 Å². The number of carboxylic acid groups (broad SMARTS) is 1. The van der Waals surface area contributed by atoms with E-state index in [0.717, 1.165) is 11.3 Å². The van der Waals surface area contributed by atoms with Crippen LogP contribution < -0.4 is 0 Å². The van der Waals surface area contributed by atoms with Crippen molar-refractivity contribution < 1.29 is 14.7 Å². The molecule has 1 aliphatic heterocycles. The first kappa shape index (κ1) is 16.2. The Labute approximate surface area is 140 Å². The molecule has 1 aromatic heterocycles. The van der Waals surface area contributed by atoms with Gasteiger partial charge in [-0.1, -0.05) is 18.2 Å². The lowest BCUT2D eigenvalue weighted by Crippen LogP contribution is -2.34. The molecule has 1 saturated heterocycles. The summed E-state index contributed by atoms with van der Waals surface area (Å²) in [4.78, 5) is 25.2. The van der Waals surface area contributed by atoms with Gasteiger partial charge in [-0.25, -0.2) is 4.68 Å². The van der Waals surface area contributed by atoms with Crippen LogP contribution in [-0.2, 0) is 16.0 Å². The maximum absolute atomic E-state index is 12.3. The van der Waals surface area contributed by atoms with Gasteiger partial charge in [-0.3, -0.25) is 9.59 Å². The molecule has 0 unspecified atom stereocenters. The van der Waals surface area contributed by atoms with Crippen molar-refractivity contribution in [3.8, 4) is 5.69 Å². The first-order valence-corrected chi connectivity index (χ1v) is 8.08. The van der Waals surface area contributed by atoms with Crippen LogP contribution >= 0.6 is 0 Å². The summed E-state index contributed by atoms with van der Waals surface area (Å²) in [5.74, 6) is -0.825. The molecular weight excluding hydrogens is 306 g/mol. The predicted molar refractivity (Wildman–Crippen MR) is 88.8 cm³/mol. The van der Waals surface area contributed by atoms with Crippen LogP contribution in [0.1, 0.15) is 25.3 Å². The molecule has 1 N–H and O–H groups in total. The molecule has 1 fully saturated rings. The van der Waals surface area contributed by atoms with Crippen LogP contribution in [0.15, 0.2) is 42.7 Å². The number of likely N-dealkylation sites (tertiary alicyclic amines) is 1. The number of amides is 1. The quantitative estimate of drug-likeness (QED) is 0.913. The maximum Gasteiger partial charge on any atom is 0.311 e. The monoisotopic (exact) mass is 327 g/mol. The first-order chi connectivity index (χ1) is 11.5. The van der Waals surface area contributed by atoms with E-state index in [0.29, 0.717) is 32.4 Å². The highest BCUT2D eigenvalue weighted by atomic mass is 16.4. The Bertz CT molecular complexity index is 741. The second-order valence-corrected chi connectivity index (χ2v) is 6.56. The van der Waals surface area contributed by atoms with Gasteiger partial charge in [0.25, 0.3) is 0 Å². The van der Waals surface area contributed by atoms with Crippen molar-refractivity contribution >= 4 is 11.9 Å². The van der Waals surface area contributed by atoms with Gasteiger partial charge in [-0.15, -0.1) is 0 Å². The standard InChI is InChI=1S/C18H21N3O3/c1-18(17(23)24)9-10-20(13-18)16(22)8-7-14-11-19-21(12-14)15-5-3-2-4-6-15/h2-6,11-12H,7-10,13H2,1H3,(H,23,24)/t18-/m1/s1. The predicted octanol–water partition coefficient (Wildman–Crippen LogP) is 2.13. The average molecular weight is 327 g/mol. The average Bonchev–Trinajstić information content (AvgIpc) is 3.21. The van der Waals surface area contributed by atoms with E-state index in [1.54, 1.807) is 22.7 Å². The summed E-state index contributed by atoms with van der Waals surface area (Å²) in [6, 6.07) is 9.80. The number of carboxylic acids is 1. The molecule has 6 heteroatoms. The topological polar surface area (TPSA) is 75.4 Å². The molecule has 1 aromatic carbocycles. The lowest BCUT2D eigenvalue weighted by molar-refractivity contribution is -0.147. The number of rotatable bonds is 5. The number of aromatic nitrogens is 2. The molecule has 1 atom stereocenters. The minimum Gasteiger partial charge on any atom is -0.481 e. The Hall–Kier alpha value is -2.63. The van der Waals surface area contributed by atoms with Crippen LogP contribution in [0.4, 0.5) is 0 Å². The molecule has 0 saturated carbocycles. The van der Waals surface area contributed by atoms with Crippen LogP contribution in [0.3, 0.4) is 0 Å². The summed E-state index contributed by atoms with van der Waals surface area (Å²) in [7, 11) is 0. The minimum absolute atomic E-state index is 0.00689. The van der Waals surface area contributed by atoms with Crippen LogP contribution in [-0.4, -0.2) is 44.8 Å². The largest absolute Gasteiger partial charge is 0.481 e. The van der Waals surface area contributed by atoms with E-state index in [-0.39, 0.29) is 5.91 Å². The van der Waals surface area contributed by atoms with E-state index in [4.69, 9.17) is 0 Å². The number of carbonyl (C=O) groups is 2. The molecule has 24 heavy (non-hydrogen) atoms. The van der Waals surface area contributed by atoms with Crippen LogP contribution in [0, 0.1) is 5.41 Å². The highest BCUT2D eigenvalue weighted by molar-refractivity contribution is 5.80. The SMILES string of the molecule is C[C@@]1(C(=O)O)CCN(C(=O)CCc2cnn(-c3ccccc3)c2)C1. The van der Waals surface area contributed by atoms with Crippen molar-refractivity contribution in [2.24, 2.45) is 5.41 Å². The van der Waals surface area contributed by atoms with Gasteiger partial charge < -0.3 is 10.0 Å². The van der Waals surface area contributed by atoms with Gasteiger partial charge in [0, 0.05) is 25.7 Å². The molecule has 0 bridgehead atoms. The lowest BCUT2D eigenvalue weighted by Gasteiger charge is -2.20. The van der Waals surface area contributed by atoms with Crippen molar-refractivity contribution in [2.45, 2.75) is 26.2 Å². The highest BCUT2D eigenvalue weighted by Gasteiger charge is 2.41. The molecule has 6 nitrogen and oxygen atoms in total. The zero-order valence-corrected chi connectivity index (χ0v) is 13.7. The highest BCUT2D eigenvalue weighted by Crippen LogP contribution is 2.30. The molecular formula is C18H21N3O3. The number of para-hydroxylation sites is 1. The fourth-order valence-corrected chi connectivity index (χ4v) is 2.97. The molecule has 0 radical (unpaired) electrons. The van der Waals surface area contributed by atoms with Gasteiger partial charge in [0.15, 0.2) is 0 Å². The second kappa shape index (κ2) is 6.47. The van der Waals surface area contributed by atoms with Gasteiger partial charge in [-0.2, -0.15) is 5.10 Å². The van der Waals surface area contributed by atoms with Crippen molar-refractivity contribution in [1.82, 2.24) is 14.7 Å². The van der Waals surface area contributed by atoms with Gasteiger partial charge in [0.05, 0.1) is 17.3 Å². The number of carbonyl (C=O) groups excluding carboxylic acids is 1. The third-order valence-corrected chi connectivity index (χ3v) is 4.63. The number of aliphatic carboxylic acids is 1. The molecule has 1 amide bonds. The third kappa shape index (κ3) is 3.32. The zero-order chi connectivity index (χ0) is 17.2. The number of aryl methyl sites for hydroxylation is 1. The van der Waals surface area contributed by atoms with E-state index < -0.39 is 11.4 Å². The first-order valence-electron chi connectivity index (χ1n) is 8.08. The summed E-state index contributed by atoms with van der Waals surface area (Å²) < 4.78 is 1.79. The van der Waals surface area contributed by atoms with Crippen LogP contribution in [0.25, 0.3) is 5.69 Å². The Morgan fingerprint density at radius 2 is 2.04 bits per heavy atom. The Kier molecular flexibility index (Phi) is 4.38. The van der Waals surface area contributed by atoms with Gasteiger partial charge >= 0.3 is 5.97 Å². The summed E-state index contributed by atoms with van der Waals surface area (Å²) >= 11 is 0. The van der Waals surface area contributed by atoms with Gasteiger partial charge in [-0.05, 0) is 37.5 Å². The van der Waals surface area contributed by atoms with E-state index in [2.05, 4.69) is 5.10 Å².